The second-order valence-electron chi connectivity index (χ2n) is 9.48. The van der Waals surface area contributed by atoms with Gasteiger partial charge in [0.1, 0.15) is 12.2 Å². The summed E-state index contributed by atoms with van der Waals surface area (Å²) in [6.45, 7) is 0. The van der Waals surface area contributed by atoms with E-state index < -0.39 is 0 Å². The van der Waals surface area contributed by atoms with Gasteiger partial charge in [0.25, 0.3) is 0 Å². The zero-order valence-corrected chi connectivity index (χ0v) is 12.7. The summed E-state index contributed by atoms with van der Waals surface area (Å²) >= 11 is 0. The van der Waals surface area contributed by atoms with E-state index in [0.29, 0.717) is 12.2 Å². The Balaban J connectivity index is 1.45. The number of ether oxygens (including phenoxy) is 2. The van der Waals surface area contributed by atoms with Gasteiger partial charge in [-0.3, -0.25) is 0 Å². The molecular formula is C20H22O2. The highest BCUT2D eigenvalue weighted by molar-refractivity contribution is 5.43. The summed E-state index contributed by atoms with van der Waals surface area (Å²) in [6.07, 6.45) is 11.1. The Bertz CT molecular complexity index is 619. The molecule has 0 amide bonds. The molecule has 12 atom stereocenters. The fourth-order valence-electron chi connectivity index (χ4n) is 9.59. The van der Waals surface area contributed by atoms with E-state index in [1.807, 2.05) is 0 Å². The average molecular weight is 294 g/mol. The van der Waals surface area contributed by atoms with Gasteiger partial charge in [-0.2, -0.15) is 0 Å². The molecule has 6 aliphatic carbocycles. The van der Waals surface area contributed by atoms with E-state index in [2.05, 4.69) is 12.5 Å². The molecule has 8 aliphatic rings. The molecule has 0 spiro atoms. The van der Waals surface area contributed by atoms with Gasteiger partial charge in [-0.05, 0) is 84.2 Å². The molecule has 2 aliphatic heterocycles. The second-order valence-corrected chi connectivity index (χ2v) is 9.48. The molecule has 114 valence electrons. The van der Waals surface area contributed by atoms with Crippen LogP contribution < -0.4 is 0 Å². The van der Waals surface area contributed by atoms with Crippen molar-refractivity contribution in [1.82, 2.24) is 0 Å². The minimum atomic E-state index is 0.554. The van der Waals surface area contributed by atoms with E-state index in [9.17, 15) is 0 Å². The van der Waals surface area contributed by atoms with Gasteiger partial charge in [0.2, 0.25) is 0 Å². The largest absolute Gasteiger partial charge is 0.498 e. The maximum absolute atomic E-state index is 6.30. The van der Waals surface area contributed by atoms with Crippen LogP contribution in [0.1, 0.15) is 25.7 Å². The van der Waals surface area contributed by atoms with Crippen LogP contribution in [0.4, 0.5) is 0 Å². The average Bonchev–Trinajstić information content (AvgIpc) is 3.29. The first kappa shape index (κ1) is 10.8. The molecule has 0 radical (unpaired) electrons. The summed E-state index contributed by atoms with van der Waals surface area (Å²) in [7, 11) is 0. The van der Waals surface area contributed by atoms with Crippen molar-refractivity contribution in [3.63, 3.8) is 0 Å². The highest BCUT2D eigenvalue weighted by Gasteiger charge is 2.77. The van der Waals surface area contributed by atoms with Crippen molar-refractivity contribution in [3.8, 4) is 0 Å². The normalized spacial score (nSPS) is 69.5. The van der Waals surface area contributed by atoms with Gasteiger partial charge in [0.05, 0.1) is 12.5 Å². The molecule has 0 aromatic heterocycles. The zero-order chi connectivity index (χ0) is 13.7. The maximum atomic E-state index is 6.30. The molecule has 0 saturated heterocycles. The summed E-state index contributed by atoms with van der Waals surface area (Å²) in [5.74, 6) is 9.04. The van der Waals surface area contributed by atoms with Crippen LogP contribution in [0.2, 0.25) is 0 Å². The molecule has 6 saturated carbocycles. The molecule has 0 unspecified atom stereocenters. The van der Waals surface area contributed by atoms with Gasteiger partial charge < -0.3 is 9.47 Å². The molecule has 8 rings (SSSR count). The Morgan fingerprint density at radius 2 is 1.09 bits per heavy atom. The lowest BCUT2D eigenvalue weighted by atomic mass is 9.75. The van der Waals surface area contributed by atoms with E-state index in [4.69, 9.17) is 9.47 Å². The third-order valence-electron chi connectivity index (χ3n) is 9.57. The van der Waals surface area contributed by atoms with Crippen molar-refractivity contribution in [1.29, 1.82) is 0 Å². The SMILES string of the molecule is C1=C2[C@@H]3[C@@H]4CC[C@@H]5OC=C6[C@@H]7[C@@H]8CC[C@H](O1)[C@H]8[C@@H]2[C@H]7[C@H]3[C@H]6[C@H]45. The minimum absolute atomic E-state index is 0.554. The van der Waals surface area contributed by atoms with E-state index in [0.717, 1.165) is 59.2 Å². The lowest BCUT2D eigenvalue weighted by Crippen LogP contribution is -2.34. The Kier molecular flexibility index (Phi) is 1.49. The van der Waals surface area contributed by atoms with E-state index >= 15 is 0 Å². The van der Waals surface area contributed by atoms with E-state index in [-0.39, 0.29) is 0 Å². The first-order valence-corrected chi connectivity index (χ1v) is 9.64. The van der Waals surface area contributed by atoms with Gasteiger partial charge in [-0.1, -0.05) is 0 Å². The molecule has 6 fully saturated rings. The smallest absolute Gasteiger partial charge is 0.101 e. The summed E-state index contributed by atoms with van der Waals surface area (Å²) in [4.78, 5) is 0. The Labute approximate surface area is 130 Å². The molecule has 2 heterocycles. The van der Waals surface area contributed by atoms with Crippen LogP contribution in [0.3, 0.4) is 0 Å². The minimum Gasteiger partial charge on any atom is -0.498 e. The van der Waals surface area contributed by atoms with Gasteiger partial charge in [0, 0.05) is 11.8 Å². The van der Waals surface area contributed by atoms with Crippen LogP contribution in [-0.4, -0.2) is 12.2 Å². The van der Waals surface area contributed by atoms with Gasteiger partial charge in [-0.15, -0.1) is 0 Å². The lowest BCUT2D eigenvalue weighted by Gasteiger charge is -2.36. The van der Waals surface area contributed by atoms with E-state index in [1.165, 1.54) is 25.7 Å². The first-order valence-electron chi connectivity index (χ1n) is 9.64. The van der Waals surface area contributed by atoms with Crippen LogP contribution >= 0.6 is 0 Å². The van der Waals surface area contributed by atoms with Crippen LogP contribution in [0.15, 0.2) is 23.7 Å². The molecular weight excluding hydrogens is 272 g/mol. The quantitative estimate of drug-likeness (QED) is 0.682. The van der Waals surface area contributed by atoms with Crippen molar-refractivity contribution in [3.05, 3.63) is 23.7 Å². The molecule has 2 nitrogen and oxygen atoms in total. The Morgan fingerprint density at radius 3 is 1.59 bits per heavy atom. The molecule has 0 aromatic rings. The van der Waals surface area contributed by atoms with Crippen LogP contribution in [0, 0.1) is 59.2 Å². The second kappa shape index (κ2) is 3.03. The van der Waals surface area contributed by atoms with Gasteiger partial charge in [-0.25, -0.2) is 0 Å². The topological polar surface area (TPSA) is 18.5 Å². The van der Waals surface area contributed by atoms with Gasteiger partial charge in [0.15, 0.2) is 0 Å². The highest BCUT2D eigenvalue weighted by Crippen LogP contribution is 2.80. The lowest BCUT2D eigenvalue weighted by molar-refractivity contribution is 0.0417. The fraction of sp³-hybridized carbons (Fsp3) is 0.800. The van der Waals surface area contributed by atoms with Crippen LogP contribution in [0.25, 0.3) is 0 Å². The first-order chi connectivity index (χ1) is 10.9. The third kappa shape index (κ3) is 0.823. The van der Waals surface area contributed by atoms with Crippen molar-refractivity contribution in [2.45, 2.75) is 37.9 Å². The summed E-state index contributed by atoms with van der Waals surface area (Å²) in [5, 5.41) is 0. The monoisotopic (exact) mass is 294 g/mol. The molecule has 2 heteroatoms. The van der Waals surface area contributed by atoms with Crippen LogP contribution in [-0.2, 0) is 9.47 Å². The predicted octanol–water partition coefficient (Wildman–Crippen LogP) is 3.36. The highest BCUT2D eigenvalue weighted by atomic mass is 16.5. The molecule has 0 bridgehead atoms. The van der Waals surface area contributed by atoms with Gasteiger partial charge >= 0.3 is 0 Å². The van der Waals surface area contributed by atoms with Crippen LogP contribution in [0.5, 0.6) is 0 Å². The summed E-state index contributed by atoms with van der Waals surface area (Å²) in [6, 6.07) is 0. The fourth-order valence-corrected chi connectivity index (χ4v) is 9.59. The van der Waals surface area contributed by atoms with Crippen molar-refractivity contribution < 1.29 is 9.47 Å². The summed E-state index contributed by atoms with van der Waals surface area (Å²) in [5.41, 5.74) is 3.56. The van der Waals surface area contributed by atoms with Crippen molar-refractivity contribution in [2.24, 2.45) is 59.2 Å². The number of fused-ring (bicyclic) bond motifs is 4. The summed E-state index contributed by atoms with van der Waals surface area (Å²) < 4.78 is 12.6. The number of rotatable bonds is 0. The Hall–Kier alpha value is -0.920. The molecule has 22 heavy (non-hydrogen) atoms. The standard InChI is InChI=1S/C20H22O2/c1-3-11-15-7(1)13-9-5-22-12-4-2-8-14-10(6-21-11)17(15)19(13)20(14)18(9)16(8)12/h5-8,11-20H,1-4H2/t7-,8-,11-,12-,13-,14-,15-,16+,17+,18+,19-,20+/m0/s1. The third-order valence-corrected chi connectivity index (χ3v) is 9.57. The zero-order valence-electron chi connectivity index (χ0n) is 12.7. The predicted molar refractivity (Wildman–Crippen MR) is 79.3 cm³/mol. The number of hydrogen-bond acceptors (Lipinski definition) is 2. The molecule has 0 N–H and O–H groups in total. The maximum Gasteiger partial charge on any atom is 0.101 e. The van der Waals surface area contributed by atoms with Crippen molar-refractivity contribution in [2.75, 3.05) is 0 Å². The van der Waals surface area contributed by atoms with E-state index in [1.54, 1.807) is 11.1 Å². The Morgan fingerprint density at radius 1 is 0.591 bits per heavy atom. The number of allylic oxidation sites excluding steroid dienone is 2. The molecule has 0 aromatic carbocycles. The number of hydrogen-bond donors (Lipinski definition) is 0. The van der Waals surface area contributed by atoms with Crippen molar-refractivity contribution >= 4 is 0 Å².